The Labute approximate surface area is 133 Å². The minimum atomic E-state index is 0.261. The van der Waals surface area contributed by atoms with Crippen molar-refractivity contribution in [3.05, 3.63) is 59.7 Å². The third-order valence-corrected chi connectivity index (χ3v) is 5.34. The van der Waals surface area contributed by atoms with Crippen molar-refractivity contribution in [2.24, 2.45) is 5.41 Å². The molecule has 1 aliphatic carbocycles. The normalized spacial score (nSPS) is 19.3. The highest BCUT2D eigenvalue weighted by atomic mass is 14.4. The smallest absolute Gasteiger partial charge is 0.00954 e. The summed E-state index contributed by atoms with van der Waals surface area (Å²) in [6.07, 6.45) is 2.44. The van der Waals surface area contributed by atoms with Gasteiger partial charge in [0.2, 0.25) is 0 Å². The van der Waals surface area contributed by atoms with Crippen molar-refractivity contribution < 1.29 is 0 Å². The molecule has 4 rings (SSSR count). The van der Waals surface area contributed by atoms with Gasteiger partial charge in [0.15, 0.2) is 0 Å². The zero-order valence-corrected chi connectivity index (χ0v) is 14.0. The lowest BCUT2D eigenvalue weighted by molar-refractivity contribution is 0.232. The Hall–Kier alpha value is -1.82. The van der Waals surface area contributed by atoms with Gasteiger partial charge in [0, 0.05) is 0 Å². The van der Waals surface area contributed by atoms with Crippen LogP contribution in [0.25, 0.3) is 21.5 Å². The average molecular weight is 288 g/mol. The lowest BCUT2D eigenvalue weighted by Gasteiger charge is -2.43. The summed E-state index contributed by atoms with van der Waals surface area (Å²) < 4.78 is 0. The first-order valence-corrected chi connectivity index (χ1v) is 8.31. The van der Waals surface area contributed by atoms with Crippen LogP contribution in [-0.4, -0.2) is 0 Å². The van der Waals surface area contributed by atoms with E-state index in [0.29, 0.717) is 5.41 Å². The molecule has 0 heterocycles. The third-order valence-electron chi connectivity index (χ3n) is 5.34. The molecule has 0 aromatic heterocycles. The maximum Gasteiger partial charge on any atom is -0.00954 e. The summed E-state index contributed by atoms with van der Waals surface area (Å²) in [5, 5.41) is 5.58. The lowest BCUT2D eigenvalue weighted by atomic mass is 9.62. The summed E-state index contributed by atoms with van der Waals surface area (Å²) in [5.74, 6) is 0. The van der Waals surface area contributed by atoms with Gasteiger partial charge in [-0.15, -0.1) is 0 Å². The van der Waals surface area contributed by atoms with Crippen LogP contribution in [0, 0.1) is 5.41 Å². The van der Waals surface area contributed by atoms with E-state index in [1.54, 1.807) is 11.1 Å². The monoisotopic (exact) mass is 288 g/mol. The number of fused-ring (bicyclic) bond motifs is 5. The molecule has 0 saturated carbocycles. The van der Waals surface area contributed by atoms with Crippen LogP contribution in [0.15, 0.2) is 48.5 Å². The quantitative estimate of drug-likeness (QED) is 0.429. The molecule has 0 N–H and O–H groups in total. The van der Waals surface area contributed by atoms with Gasteiger partial charge in [-0.1, -0.05) is 76.2 Å². The van der Waals surface area contributed by atoms with Gasteiger partial charge in [-0.25, -0.2) is 0 Å². The summed E-state index contributed by atoms with van der Waals surface area (Å²) in [6, 6.07) is 18.1. The van der Waals surface area contributed by atoms with E-state index in [9.17, 15) is 0 Å². The Morgan fingerprint density at radius 2 is 1.45 bits per heavy atom. The van der Waals surface area contributed by atoms with Gasteiger partial charge in [-0.05, 0) is 56.3 Å². The van der Waals surface area contributed by atoms with E-state index < -0.39 is 0 Å². The first-order valence-electron chi connectivity index (χ1n) is 8.31. The van der Waals surface area contributed by atoms with Crippen LogP contribution in [0.3, 0.4) is 0 Å². The first-order chi connectivity index (χ1) is 10.4. The molecule has 0 atom stereocenters. The van der Waals surface area contributed by atoms with Crippen LogP contribution in [0.4, 0.5) is 0 Å². The van der Waals surface area contributed by atoms with E-state index in [4.69, 9.17) is 0 Å². The lowest BCUT2D eigenvalue weighted by Crippen LogP contribution is -2.34. The van der Waals surface area contributed by atoms with Crippen LogP contribution >= 0.6 is 0 Å². The molecule has 0 aliphatic heterocycles. The second-order valence-electron chi connectivity index (χ2n) is 8.38. The molecular formula is C22H24. The highest BCUT2D eigenvalue weighted by Crippen LogP contribution is 2.48. The molecule has 0 amide bonds. The third kappa shape index (κ3) is 1.97. The molecule has 0 fully saturated rings. The van der Waals surface area contributed by atoms with Gasteiger partial charge in [-0.3, -0.25) is 0 Å². The molecular weight excluding hydrogens is 264 g/mol. The molecule has 0 saturated heterocycles. The second kappa shape index (κ2) is 4.35. The molecule has 0 heteroatoms. The van der Waals surface area contributed by atoms with E-state index in [2.05, 4.69) is 76.2 Å². The van der Waals surface area contributed by atoms with Crippen molar-refractivity contribution in [3.8, 4) is 0 Å². The predicted molar refractivity (Wildman–Crippen MR) is 96.6 cm³/mol. The molecule has 1 aliphatic rings. The topological polar surface area (TPSA) is 0 Å². The van der Waals surface area contributed by atoms with E-state index in [1.165, 1.54) is 34.4 Å². The standard InChI is InChI=1S/C22H24/c1-21(2)13-19-18-10-9-15-7-5-6-8-16(15)17(18)11-12-20(19)22(3,4)14-21/h5-12H,13-14H2,1-4H3. The molecule has 0 radical (unpaired) electrons. The van der Waals surface area contributed by atoms with Crippen molar-refractivity contribution in [3.63, 3.8) is 0 Å². The van der Waals surface area contributed by atoms with E-state index in [1.807, 2.05) is 0 Å². The van der Waals surface area contributed by atoms with E-state index >= 15 is 0 Å². The molecule has 0 spiro atoms. The van der Waals surface area contributed by atoms with Gasteiger partial charge < -0.3 is 0 Å². The van der Waals surface area contributed by atoms with Crippen molar-refractivity contribution >= 4 is 21.5 Å². The van der Waals surface area contributed by atoms with Gasteiger partial charge in [0.25, 0.3) is 0 Å². The zero-order valence-electron chi connectivity index (χ0n) is 14.0. The van der Waals surface area contributed by atoms with Crippen molar-refractivity contribution in [1.29, 1.82) is 0 Å². The van der Waals surface area contributed by atoms with Crippen molar-refractivity contribution in [2.45, 2.75) is 46.0 Å². The van der Waals surface area contributed by atoms with Crippen LogP contribution in [0.2, 0.25) is 0 Å². The molecule has 22 heavy (non-hydrogen) atoms. The van der Waals surface area contributed by atoms with Crippen molar-refractivity contribution in [2.75, 3.05) is 0 Å². The van der Waals surface area contributed by atoms with E-state index in [-0.39, 0.29) is 5.41 Å². The summed E-state index contributed by atoms with van der Waals surface area (Å²) in [4.78, 5) is 0. The highest BCUT2D eigenvalue weighted by molar-refractivity contribution is 6.08. The molecule has 3 aromatic rings. The second-order valence-corrected chi connectivity index (χ2v) is 8.38. The van der Waals surface area contributed by atoms with Crippen molar-refractivity contribution in [1.82, 2.24) is 0 Å². The van der Waals surface area contributed by atoms with Gasteiger partial charge in [0.05, 0.1) is 0 Å². The number of hydrogen-bond acceptors (Lipinski definition) is 0. The molecule has 0 unspecified atom stereocenters. The minimum absolute atomic E-state index is 0.261. The Morgan fingerprint density at radius 3 is 2.27 bits per heavy atom. The zero-order chi connectivity index (χ0) is 15.5. The maximum absolute atomic E-state index is 2.41. The minimum Gasteiger partial charge on any atom is -0.0616 e. The fraction of sp³-hybridized carbons (Fsp3) is 0.364. The van der Waals surface area contributed by atoms with Crippen LogP contribution in [-0.2, 0) is 11.8 Å². The van der Waals surface area contributed by atoms with Crippen LogP contribution < -0.4 is 0 Å². The summed E-state index contributed by atoms with van der Waals surface area (Å²) in [6.45, 7) is 9.63. The van der Waals surface area contributed by atoms with Gasteiger partial charge in [0.1, 0.15) is 0 Å². The largest absolute Gasteiger partial charge is 0.0616 e. The summed E-state index contributed by atoms with van der Waals surface area (Å²) >= 11 is 0. The van der Waals surface area contributed by atoms with E-state index in [0.717, 1.165) is 0 Å². The number of rotatable bonds is 0. The molecule has 112 valence electrons. The van der Waals surface area contributed by atoms with Crippen LogP contribution in [0.1, 0.15) is 45.2 Å². The highest BCUT2D eigenvalue weighted by Gasteiger charge is 2.37. The summed E-state index contributed by atoms with van der Waals surface area (Å²) in [5.41, 5.74) is 3.76. The Bertz CT molecular complexity index is 881. The number of benzene rings is 3. The maximum atomic E-state index is 2.41. The fourth-order valence-corrected chi connectivity index (χ4v) is 4.81. The number of hydrogen-bond donors (Lipinski definition) is 0. The van der Waals surface area contributed by atoms with Gasteiger partial charge in [-0.2, -0.15) is 0 Å². The Morgan fingerprint density at radius 1 is 0.727 bits per heavy atom. The Balaban J connectivity index is 2.10. The molecule has 0 bridgehead atoms. The average Bonchev–Trinajstić information content (AvgIpc) is 2.44. The first kappa shape index (κ1) is 13.8. The fourth-order valence-electron chi connectivity index (χ4n) is 4.81. The molecule has 0 nitrogen and oxygen atoms in total. The van der Waals surface area contributed by atoms with Gasteiger partial charge >= 0.3 is 0 Å². The predicted octanol–water partition coefficient (Wildman–Crippen LogP) is 6.24. The molecule has 3 aromatic carbocycles. The Kier molecular flexibility index (Phi) is 2.73. The van der Waals surface area contributed by atoms with Crippen LogP contribution in [0.5, 0.6) is 0 Å². The summed E-state index contributed by atoms with van der Waals surface area (Å²) in [7, 11) is 0. The SMILES string of the molecule is CC1(C)Cc2c(ccc3c2ccc2ccccc23)C(C)(C)C1.